The third-order valence-corrected chi connectivity index (χ3v) is 3.30. The number of hydrogen-bond acceptors (Lipinski definition) is 4. The molecule has 0 radical (unpaired) electrons. The minimum Gasteiger partial charge on any atom is -0.335 e. The standard InChI is InChI=1S/C14H18N4O/c1-11-6-9-18(10-12-4-2-3-8-16-12)14(19)13(17-11)5-7-15/h2-4,8,11,13,17H,5-6,9-10H2,1H3. The van der Waals surface area contributed by atoms with E-state index in [1.54, 1.807) is 11.1 Å². The number of amides is 1. The molecule has 5 heteroatoms. The molecule has 2 atom stereocenters. The molecule has 1 fully saturated rings. The minimum absolute atomic E-state index is 0.00319. The third kappa shape index (κ3) is 3.52. The number of nitrogens with zero attached hydrogens (tertiary/aromatic N) is 3. The monoisotopic (exact) mass is 258 g/mol. The number of carbonyl (C=O) groups is 1. The lowest BCUT2D eigenvalue weighted by Gasteiger charge is -2.22. The van der Waals surface area contributed by atoms with Gasteiger partial charge in [-0.2, -0.15) is 5.26 Å². The van der Waals surface area contributed by atoms with Crippen molar-refractivity contribution < 1.29 is 4.79 Å². The van der Waals surface area contributed by atoms with Crippen LogP contribution in [0, 0.1) is 11.3 Å². The Labute approximate surface area is 113 Å². The molecule has 19 heavy (non-hydrogen) atoms. The van der Waals surface area contributed by atoms with Gasteiger partial charge in [0.25, 0.3) is 0 Å². The predicted octanol–water partition coefficient (Wildman–Crippen LogP) is 1.07. The van der Waals surface area contributed by atoms with Gasteiger partial charge in [0, 0.05) is 18.8 Å². The fourth-order valence-electron chi connectivity index (χ4n) is 2.26. The molecular weight excluding hydrogens is 240 g/mol. The Balaban J connectivity index is 2.10. The zero-order valence-electron chi connectivity index (χ0n) is 11.0. The summed E-state index contributed by atoms with van der Waals surface area (Å²) in [7, 11) is 0. The molecule has 2 unspecified atom stereocenters. The number of nitrogens with one attached hydrogen (secondary N) is 1. The molecule has 0 bridgehead atoms. The second-order valence-electron chi connectivity index (χ2n) is 4.85. The summed E-state index contributed by atoms with van der Waals surface area (Å²) in [4.78, 5) is 18.4. The lowest BCUT2D eigenvalue weighted by atomic mass is 10.2. The highest BCUT2D eigenvalue weighted by Gasteiger charge is 2.29. The summed E-state index contributed by atoms with van der Waals surface area (Å²) < 4.78 is 0. The highest BCUT2D eigenvalue weighted by atomic mass is 16.2. The number of pyridine rings is 1. The predicted molar refractivity (Wildman–Crippen MR) is 70.9 cm³/mol. The number of aromatic nitrogens is 1. The van der Waals surface area contributed by atoms with Crippen molar-refractivity contribution in [3.05, 3.63) is 30.1 Å². The van der Waals surface area contributed by atoms with Crippen LogP contribution in [0.4, 0.5) is 0 Å². The van der Waals surface area contributed by atoms with E-state index in [2.05, 4.69) is 16.4 Å². The lowest BCUT2D eigenvalue weighted by Crippen LogP contribution is -2.44. The molecule has 0 aromatic carbocycles. The van der Waals surface area contributed by atoms with Gasteiger partial charge in [-0.1, -0.05) is 6.07 Å². The van der Waals surface area contributed by atoms with Crippen molar-refractivity contribution in [2.45, 2.75) is 38.4 Å². The van der Waals surface area contributed by atoms with Gasteiger partial charge in [-0.15, -0.1) is 0 Å². The molecule has 2 heterocycles. The fourth-order valence-corrected chi connectivity index (χ4v) is 2.26. The van der Waals surface area contributed by atoms with Crippen LogP contribution in [-0.2, 0) is 11.3 Å². The van der Waals surface area contributed by atoms with Crippen molar-refractivity contribution in [3.8, 4) is 6.07 Å². The van der Waals surface area contributed by atoms with E-state index in [1.807, 2.05) is 25.1 Å². The molecule has 0 saturated carbocycles. The van der Waals surface area contributed by atoms with Crippen LogP contribution in [-0.4, -0.2) is 34.4 Å². The van der Waals surface area contributed by atoms with Crippen LogP contribution in [0.1, 0.15) is 25.5 Å². The van der Waals surface area contributed by atoms with E-state index in [-0.39, 0.29) is 18.4 Å². The van der Waals surface area contributed by atoms with E-state index < -0.39 is 6.04 Å². The van der Waals surface area contributed by atoms with Crippen LogP contribution >= 0.6 is 0 Å². The first kappa shape index (κ1) is 13.5. The molecule has 100 valence electrons. The van der Waals surface area contributed by atoms with E-state index in [1.165, 1.54) is 0 Å². The molecule has 0 aliphatic carbocycles. The van der Waals surface area contributed by atoms with Crippen LogP contribution in [0.2, 0.25) is 0 Å². The van der Waals surface area contributed by atoms with E-state index >= 15 is 0 Å². The molecule has 1 aromatic rings. The zero-order valence-corrected chi connectivity index (χ0v) is 11.0. The first-order valence-electron chi connectivity index (χ1n) is 6.52. The summed E-state index contributed by atoms with van der Waals surface area (Å²) in [6.07, 6.45) is 2.83. The smallest absolute Gasteiger partial charge is 0.241 e. The fraction of sp³-hybridized carbons (Fsp3) is 0.500. The zero-order chi connectivity index (χ0) is 13.7. The highest BCUT2D eigenvalue weighted by Crippen LogP contribution is 2.12. The molecule has 0 spiro atoms. The summed E-state index contributed by atoms with van der Waals surface area (Å²) in [5.74, 6) is -0.00319. The van der Waals surface area contributed by atoms with Crippen molar-refractivity contribution in [1.82, 2.24) is 15.2 Å². The summed E-state index contributed by atoms with van der Waals surface area (Å²) >= 11 is 0. The third-order valence-electron chi connectivity index (χ3n) is 3.30. The van der Waals surface area contributed by atoms with Gasteiger partial charge in [0.1, 0.15) is 6.04 Å². The van der Waals surface area contributed by atoms with Crippen molar-refractivity contribution in [3.63, 3.8) is 0 Å². The molecule has 1 amide bonds. The Morgan fingerprint density at radius 3 is 3.11 bits per heavy atom. The quantitative estimate of drug-likeness (QED) is 0.880. The Hall–Kier alpha value is -1.93. The normalized spacial score (nSPS) is 23.8. The van der Waals surface area contributed by atoms with Crippen LogP contribution in [0.3, 0.4) is 0 Å². The van der Waals surface area contributed by atoms with Gasteiger partial charge in [0.05, 0.1) is 24.7 Å². The van der Waals surface area contributed by atoms with Crippen molar-refractivity contribution >= 4 is 5.91 Å². The molecule has 1 aliphatic heterocycles. The molecule has 1 saturated heterocycles. The largest absolute Gasteiger partial charge is 0.335 e. The van der Waals surface area contributed by atoms with Gasteiger partial charge in [0.15, 0.2) is 0 Å². The lowest BCUT2D eigenvalue weighted by molar-refractivity contribution is -0.133. The van der Waals surface area contributed by atoms with Crippen molar-refractivity contribution in [1.29, 1.82) is 5.26 Å². The summed E-state index contributed by atoms with van der Waals surface area (Å²) in [5.41, 5.74) is 0.876. The number of nitriles is 1. The van der Waals surface area contributed by atoms with Crippen molar-refractivity contribution in [2.24, 2.45) is 0 Å². The van der Waals surface area contributed by atoms with E-state index in [0.29, 0.717) is 13.1 Å². The second kappa shape index (κ2) is 6.30. The van der Waals surface area contributed by atoms with E-state index in [9.17, 15) is 4.79 Å². The van der Waals surface area contributed by atoms with Crippen LogP contribution < -0.4 is 5.32 Å². The van der Waals surface area contributed by atoms with Crippen LogP contribution in [0.25, 0.3) is 0 Å². The number of rotatable bonds is 3. The molecule has 2 rings (SSSR count). The van der Waals surface area contributed by atoms with Gasteiger partial charge < -0.3 is 10.2 Å². The average molecular weight is 258 g/mol. The maximum Gasteiger partial charge on any atom is 0.241 e. The Kier molecular flexibility index (Phi) is 4.48. The summed E-state index contributed by atoms with van der Waals surface area (Å²) in [6, 6.07) is 7.61. The van der Waals surface area contributed by atoms with Gasteiger partial charge in [-0.25, -0.2) is 0 Å². The van der Waals surface area contributed by atoms with Gasteiger partial charge in [-0.05, 0) is 25.5 Å². The maximum atomic E-state index is 12.4. The Morgan fingerprint density at radius 2 is 2.42 bits per heavy atom. The SMILES string of the molecule is CC1CCN(Cc2ccccn2)C(=O)C(CC#N)N1. The molecular formula is C14H18N4O. The maximum absolute atomic E-state index is 12.4. The molecule has 1 N–H and O–H groups in total. The summed E-state index contributed by atoms with van der Waals surface area (Å²) in [6.45, 7) is 3.25. The topological polar surface area (TPSA) is 69.0 Å². The van der Waals surface area contributed by atoms with E-state index in [4.69, 9.17) is 5.26 Å². The number of carbonyl (C=O) groups excluding carboxylic acids is 1. The highest BCUT2D eigenvalue weighted by molar-refractivity contribution is 5.82. The molecule has 1 aliphatic rings. The Morgan fingerprint density at radius 1 is 1.58 bits per heavy atom. The summed E-state index contributed by atoms with van der Waals surface area (Å²) in [5, 5.41) is 12.0. The number of hydrogen-bond donors (Lipinski definition) is 1. The minimum atomic E-state index is -0.397. The van der Waals surface area contributed by atoms with Gasteiger partial charge in [-0.3, -0.25) is 9.78 Å². The average Bonchev–Trinajstić information content (AvgIpc) is 2.54. The second-order valence-corrected chi connectivity index (χ2v) is 4.85. The van der Waals surface area contributed by atoms with E-state index in [0.717, 1.165) is 12.1 Å². The van der Waals surface area contributed by atoms with Crippen molar-refractivity contribution in [2.75, 3.05) is 6.54 Å². The van der Waals surface area contributed by atoms with Gasteiger partial charge >= 0.3 is 0 Å². The molecule has 5 nitrogen and oxygen atoms in total. The Bertz CT molecular complexity index is 468. The first-order chi connectivity index (χ1) is 9.20. The van der Waals surface area contributed by atoms with Crippen LogP contribution in [0.15, 0.2) is 24.4 Å². The first-order valence-corrected chi connectivity index (χ1v) is 6.52. The van der Waals surface area contributed by atoms with Gasteiger partial charge in [0.2, 0.25) is 5.91 Å². The molecule has 1 aromatic heterocycles. The van der Waals surface area contributed by atoms with Crippen LogP contribution in [0.5, 0.6) is 0 Å².